The van der Waals surface area contributed by atoms with E-state index >= 15 is 0 Å². The van der Waals surface area contributed by atoms with Crippen molar-refractivity contribution in [2.24, 2.45) is 0 Å². The Morgan fingerprint density at radius 3 is 2.56 bits per heavy atom. The average Bonchev–Trinajstić information content (AvgIpc) is 2.54. The van der Waals surface area contributed by atoms with Crippen molar-refractivity contribution in [3.63, 3.8) is 0 Å². The Labute approximate surface area is 111 Å². The lowest BCUT2D eigenvalue weighted by molar-refractivity contribution is -0.000769. The first-order chi connectivity index (χ1) is 8.38. The van der Waals surface area contributed by atoms with Crippen LogP contribution in [0.4, 0.5) is 0 Å². The van der Waals surface area contributed by atoms with Crippen LogP contribution in [0.1, 0.15) is 38.6 Å². The molecule has 0 bridgehead atoms. The van der Waals surface area contributed by atoms with Crippen molar-refractivity contribution < 1.29 is 4.74 Å². The number of hydrogen-bond acceptors (Lipinski definition) is 3. The zero-order valence-corrected chi connectivity index (χ0v) is 12.4. The van der Waals surface area contributed by atoms with E-state index in [9.17, 15) is 0 Å². The van der Waals surface area contributed by atoms with E-state index in [2.05, 4.69) is 48.9 Å². The molecule has 0 aliphatic heterocycles. The zero-order chi connectivity index (χ0) is 13.6. The molecule has 0 amide bonds. The second-order valence-corrected chi connectivity index (χ2v) is 5.71. The molecule has 0 aliphatic rings. The fourth-order valence-electron chi connectivity index (χ4n) is 1.81. The molecule has 1 aromatic rings. The molecule has 4 nitrogen and oxygen atoms in total. The van der Waals surface area contributed by atoms with E-state index in [0.29, 0.717) is 0 Å². The first-order valence-corrected chi connectivity index (χ1v) is 6.74. The van der Waals surface area contributed by atoms with Crippen LogP contribution in [0.3, 0.4) is 0 Å². The fraction of sp³-hybridized carbons (Fsp3) is 0.786. The molecule has 1 rings (SSSR count). The van der Waals surface area contributed by atoms with Gasteiger partial charge in [0.05, 0.1) is 17.9 Å². The topological polar surface area (TPSA) is 39.1 Å². The summed E-state index contributed by atoms with van der Waals surface area (Å²) in [5.41, 5.74) is 2.30. The van der Waals surface area contributed by atoms with Crippen molar-refractivity contribution in [3.8, 4) is 0 Å². The lowest BCUT2D eigenvalue weighted by Gasteiger charge is -2.19. The Bertz CT molecular complexity index is 352. The summed E-state index contributed by atoms with van der Waals surface area (Å²) < 4.78 is 7.71. The van der Waals surface area contributed by atoms with Gasteiger partial charge < -0.3 is 10.1 Å². The van der Waals surface area contributed by atoms with Crippen LogP contribution in [-0.2, 0) is 11.3 Å². The number of aromatic nitrogens is 2. The van der Waals surface area contributed by atoms with Gasteiger partial charge in [-0.1, -0.05) is 0 Å². The van der Waals surface area contributed by atoms with Gasteiger partial charge in [-0.3, -0.25) is 4.68 Å². The molecule has 0 aromatic carbocycles. The molecule has 1 heterocycles. The average molecular weight is 253 g/mol. The Morgan fingerprint density at radius 2 is 2.00 bits per heavy atom. The molecule has 0 saturated carbocycles. The van der Waals surface area contributed by atoms with E-state index in [4.69, 9.17) is 4.74 Å². The van der Waals surface area contributed by atoms with Crippen molar-refractivity contribution in [1.82, 2.24) is 15.1 Å². The third kappa shape index (κ3) is 6.17. The van der Waals surface area contributed by atoms with Crippen LogP contribution in [0.5, 0.6) is 0 Å². The van der Waals surface area contributed by atoms with Gasteiger partial charge in [-0.25, -0.2) is 0 Å². The van der Waals surface area contributed by atoms with Crippen molar-refractivity contribution in [3.05, 3.63) is 17.5 Å². The molecule has 0 fully saturated rings. The van der Waals surface area contributed by atoms with Crippen molar-refractivity contribution >= 4 is 0 Å². The Hall–Kier alpha value is -0.870. The second-order valence-electron chi connectivity index (χ2n) is 5.71. The predicted molar refractivity (Wildman–Crippen MR) is 74.9 cm³/mol. The van der Waals surface area contributed by atoms with Gasteiger partial charge >= 0.3 is 0 Å². The first kappa shape index (κ1) is 15.2. The Balaban J connectivity index is 2.04. The SMILES string of the molecule is Cc1cc(C)n(CCCNCCOC(C)(C)C)n1. The number of aryl methyl sites for hydroxylation is 3. The van der Waals surface area contributed by atoms with Crippen LogP contribution in [0.25, 0.3) is 0 Å². The minimum absolute atomic E-state index is 0.0363. The highest BCUT2D eigenvalue weighted by Crippen LogP contribution is 2.05. The van der Waals surface area contributed by atoms with E-state index < -0.39 is 0 Å². The molecule has 4 heteroatoms. The molecule has 0 radical (unpaired) electrons. The Morgan fingerprint density at radius 1 is 1.28 bits per heavy atom. The van der Waals surface area contributed by atoms with Gasteiger partial charge in [0.2, 0.25) is 0 Å². The summed E-state index contributed by atoms with van der Waals surface area (Å²) >= 11 is 0. The van der Waals surface area contributed by atoms with Gasteiger partial charge in [-0.2, -0.15) is 5.10 Å². The normalized spacial score (nSPS) is 12.1. The summed E-state index contributed by atoms with van der Waals surface area (Å²) in [7, 11) is 0. The summed E-state index contributed by atoms with van der Waals surface area (Å²) in [6.45, 7) is 14.0. The number of nitrogens with one attached hydrogen (secondary N) is 1. The van der Waals surface area contributed by atoms with Crippen molar-refractivity contribution in [2.45, 2.75) is 53.2 Å². The van der Waals surface area contributed by atoms with E-state index in [0.717, 1.165) is 38.4 Å². The molecule has 104 valence electrons. The number of ether oxygens (including phenoxy) is 1. The molecule has 1 N–H and O–H groups in total. The summed E-state index contributed by atoms with van der Waals surface area (Å²) in [6.07, 6.45) is 1.09. The molecule has 0 spiro atoms. The van der Waals surface area contributed by atoms with E-state index in [1.54, 1.807) is 0 Å². The fourth-order valence-corrected chi connectivity index (χ4v) is 1.81. The smallest absolute Gasteiger partial charge is 0.0599 e. The molecular formula is C14H27N3O. The summed E-state index contributed by atoms with van der Waals surface area (Å²) in [4.78, 5) is 0. The maximum atomic E-state index is 5.64. The lowest BCUT2D eigenvalue weighted by Crippen LogP contribution is -2.27. The largest absolute Gasteiger partial charge is 0.375 e. The van der Waals surface area contributed by atoms with Crippen molar-refractivity contribution in [1.29, 1.82) is 0 Å². The second kappa shape index (κ2) is 6.90. The van der Waals surface area contributed by atoms with Crippen LogP contribution in [-0.4, -0.2) is 35.1 Å². The van der Waals surface area contributed by atoms with Gasteiger partial charge in [0.25, 0.3) is 0 Å². The van der Waals surface area contributed by atoms with Crippen LogP contribution in [0.2, 0.25) is 0 Å². The summed E-state index contributed by atoms with van der Waals surface area (Å²) in [5, 5.41) is 7.83. The molecule has 0 atom stereocenters. The zero-order valence-electron chi connectivity index (χ0n) is 12.4. The monoisotopic (exact) mass is 253 g/mol. The molecule has 0 saturated heterocycles. The molecule has 0 aliphatic carbocycles. The highest BCUT2D eigenvalue weighted by molar-refractivity contribution is 5.06. The molecule has 0 unspecified atom stereocenters. The van der Waals surface area contributed by atoms with Gasteiger partial charge in [-0.05, 0) is 53.7 Å². The molecule has 18 heavy (non-hydrogen) atoms. The van der Waals surface area contributed by atoms with Crippen LogP contribution in [0.15, 0.2) is 6.07 Å². The van der Waals surface area contributed by atoms with E-state index in [-0.39, 0.29) is 5.60 Å². The summed E-state index contributed by atoms with van der Waals surface area (Å²) in [5.74, 6) is 0. The molecule has 1 aromatic heterocycles. The van der Waals surface area contributed by atoms with Crippen LogP contribution in [0, 0.1) is 13.8 Å². The highest BCUT2D eigenvalue weighted by atomic mass is 16.5. The Kier molecular flexibility index (Phi) is 5.82. The number of rotatable bonds is 7. The standard InChI is InChI=1S/C14H27N3O/c1-12-11-13(2)17(16-12)9-6-7-15-8-10-18-14(3,4)5/h11,15H,6-10H2,1-5H3. The van der Waals surface area contributed by atoms with E-state index in [1.807, 2.05) is 6.92 Å². The maximum absolute atomic E-state index is 5.64. The predicted octanol–water partition coefficient (Wildman–Crippen LogP) is 2.29. The minimum Gasteiger partial charge on any atom is -0.375 e. The van der Waals surface area contributed by atoms with E-state index in [1.165, 1.54) is 5.69 Å². The first-order valence-electron chi connectivity index (χ1n) is 6.74. The quantitative estimate of drug-likeness (QED) is 0.758. The van der Waals surface area contributed by atoms with Gasteiger partial charge in [0.1, 0.15) is 0 Å². The lowest BCUT2D eigenvalue weighted by atomic mass is 10.2. The maximum Gasteiger partial charge on any atom is 0.0599 e. The minimum atomic E-state index is -0.0363. The molecular weight excluding hydrogens is 226 g/mol. The third-order valence-electron chi connectivity index (χ3n) is 2.64. The highest BCUT2D eigenvalue weighted by Gasteiger charge is 2.08. The number of hydrogen-bond donors (Lipinski definition) is 1. The van der Waals surface area contributed by atoms with Gasteiger partial charge in [0.15, 0.2) is 0 Å². The van der Waals surface area contributed by atoms with Crippen molar-refractivity contribution in [2.75, 3.05) is 19.7 Å². The van der Waals surface area contributed by atoms with Gasteiger partial charge in [-0.15, -0.1) is 0 Å². The number of nitrogens with zero attached hydrogens (tertiary/aromatic N) is 2. The van der Waals surface area contributed by atoms with Gasteiger partial charge in [0, 0.05) is 18.8 Å². The van der Waals surface area contributed by atoms with Crippen LogP contribution < -0.4 is 5.32 Å². The summed E-state index contributed by atoms with van der Waals surface area (Å²) in [6, 6.07) is 2.12. The van der Waals surface area contributed by atoms with Crippen LogP contribution >= 0.6 is 0 Å². The third-order valence-corrected chi connectivity index (χ3v) is 2.64.